The van der Waals surface area contributed by atoms with Gasteiger partial charge in [0.25, 0.3) is 0 Å². The smallest absolute Gasteiger partial charge is 0.197 e. The Kier molecular flexibility index (Phi) is 5.84. The fraction of sp³-hybridized carbons (Fsp3) is 0.136. The Balaban J connectivity index is 1.82. The van der Waals surface area contributed by atoms with Crippen molar-refractivity contribution in [2.24, 2.45) is 0 Å². The molecular weight excluding hydrogens is 329 g/mol. The molecule has 0 heterocycles. The summed E-state index contributed by atoms with van der Waals surface area (Å²) in [6.45, 7) is 0.523. The van der Waals surface area contributed by atoms with Crippen molar-refractivity contribution in [3.8, 4) is 17.6 Å². The maximum absolute atomic E-state index is 14.5. The summed E-state index contributed by atoms with van der Waals surface area (Å²) in [6, 6.07) is 24.2. The van der Waals surface area contributed by atoms with Gasteiger partial charge in [-0.1, -0.05) is 60.7 Å². The van der Waals surface area contributed by atoms with Crippen molar-refractivity contribution in [3.05, 3.63) is 95.3 Å². The van der Waals surface area contributed by atoms with Crippen molar-refractivity contribution < 1.29 is 13.9 Å². The van der Waals surface area contributed by atoms with Crippen LogP contribution in [-0.4, -0.2) is 0 Å². The summed E-state index contributed by atoms with van der Waals surface area (Å²) in [5, 5.41) is 8.89. The summed E-state index contributed by atoms with van der Waals surface area (Å²) in [6.07, 6.45) is 0.109. The Morgan fingerprint density at radius 2 is 1.35 bits per heavy atom. The molecule has 0 amide bonds. The lowest BCUT2D eigenvalue weighted by Crippen LogP contribution is -2.03. The van der Waals surface area contributed by atoms with E-state index in [0.29, 0.717) is 11.3 Å². The molecule has 0 unspecified atom stereocenters. The van der Waals surface area contributed by atoms with Crippen LogP contribution in [0, 0.1) is 17.1 Å². The van der Waals surface area contributed by atoms with Crippen LogP contribution >= 0.6 is 0 Å². The van der Waals surface area contributed by atoms with Crippen LogP contribution in [0.1, 0.15) is 16.7 Å². The summed E-state index contributed by atoms with van der Waals surface area (Å²) in [4.78, 5) is 0. The molecule has 0 aliphatic rings. The highest BCUT2D eigenvalue weighted by atomic mass is 19.1. The highest BCUT2D eigenvalue weighted by Crippen LogP contribution is 2.33. The largest absolute Gasteiger partial charge is 0.485 e. The normalized spacial score (nSPS) is 10.2. The zero-order valence-electron chi connectivity index (χ0n) is 14.2. The van der Waals surface area contributed by atoms with E-state index in [1.165, 1.54) is 6.07 Å². The summed E-state index contributed by atoms with van der Waals surface area (Å²) in [5.74, 6) is -0.168. The van der Waals surface area contributed by atoms with E-state index in [4.69, 9.17) is 14.7 Å². The van der Waals surface area contributed by atoms with Crippen molar-refractivity contribution in [1.29, 1.82) is 5.26 Å². The van der Waals surface area contributed by atoms with Gasteiger partial charge in [-0.3, -0.25) is 0 Å². The van der Waals surface area contributed by atoms with Gasteiger partial charge in [0.05, 0.1) is 12.5 Å². The lowest BCUT2D eigenvalue weighted by molar-refractivity contribution is 0.245. The molecule has 0 saturated carbocycles. The molecule has 0 bridgehead atoms. The predicted molar refractivity (Wildman–Crippen MR) is 97.3 cm³/mol. The molecule has 0 radical (unpaired) electrons. The van der Waals surface area contributed by atoms with Gasteiger partial charge in [0.2, 0.25) is 0 Å². The summed E-state index contributed by atoms with van der Waals surface area (Å²) in [7, 11) is 0. The van der Waals surface area contributed by atoms with E-state index < -0.39 is 5.82 Å². The molecule has 0 spiro atoms. The number of benzene rings is 3. The second-order valence-corrected chi connectivity index (χ2v) is 5.79. The molecule has 0 N–H and O–H groups in total. The SMILES string of the molecule is N#CCc1cc(F)c(OCc2ccccc2)c(OCc2ccccc2)c1. The van der Waals surface area contributed by atoms with Gasteiger partial charge < -0.3 is 9.47 Å². The van der Waals surface area contributed by atoms with Crippen molar-refractivity contribution in [2.45, 2.75) is 19.6 Å². The topological polar surface area (TPSA) is 42.2 Å². The standard InChI is InChI=1S/C22H18FNO2/c23-20-13-19(11-12-24)14-21(25-15-17-7-3-1-4-8-17)22(20)26-16-18-9-5-2-6-10-18/h1-10,13-14H,11,15-16H2. The first-order valence-electron chi connectivity index (χ1n) is 8.29. The van der Waals surface area contributed by atoms with Crippen LogP contribution in [0.5, 0.6) is 11.5 Å². The maximum atomic E-state index is 14.5. The Hall–Kier alpha value is -3.32. The molecule has 0 fully saturated rings. The second kappa shape index (κ2) is 8.68. The van der Waals surface area contributed by atoms with Crippen molar-refractivity contribution in [1.82, 2.24) is 0 Å². The molecule has 3 rings (SSSR count). The van der Waals surface area contributed by atoms with Crippen molar-refractivity contribution >= 4 is 0 Å². The summed E-state index contributed by atoms with van der Waals surface area (Å²) >= 11 is 0. The van der Waals surface area contributed by atoms with Gasteiger partial charge in [0.1, 0.15) is 13.2 Å². The van der Waals surface area contributed by atoms with Crippen LogP contribution in [0.15, 0.2) is 72.8 Å². The minimum Gasteiger partial charge on any atom is -0.485 e. The Labute approximate surface area is 152 Å². The van der Waals surface area contributed by atoms with Crippen LogP contribution in [0.25, 0.3) is 0 Å². The highest BCUT2D eigenvalue weighted by molar-refractivity contribution is 5.45. The van der Waals surface area contributed by atoms with Crippen LogP contribution in [0.3, 0.4) is 0 Å². The average molecular weight is 347 g/mol. The molecule has 130 valence electrons. The minimum atomic E-state index is -0.531. The van der Waals surface area contributed by atoms with Gasteiger partial charge in [0.15, 0.2) is 17.3 Å². The molecule has 0 aromatic heterocycles. The molecule has 0 aliphatic heterocycles. The molecule has 4 heteroatoms. The van der Waals surface area contributed by atoms with Crippen LogP contribution in [0.2, 0.25) is 0 Å². The zero-order valence-corrected chi connectivity index (χ0v) is 14.2. The van der Waals surface area contributed by atoms with E-state index >= 15 is 0 Å². The lowest BCUT2D eigenvalue weighted by atomic mass is 10.1. The Morgan fingerprint density at radius 1 is 0.769 bits per heavy atom. The molecule has 0 aliphatic carbocycles. The van der Waals surface area contributed by atoms with Crippen LogP contribution in [0.4, 0.5) is 4.39 Å². The van der Waals surface area contributed by atoms with E-state index in [1.54, 1.807) is 6.07 Å². The minimum absolute atomic E-state index is 0.0615. The molecule has 0 saturated heterocycles. The van der Waals surface area contributed by atoms with Gasteiger partial charge in [-0.15, -0.1) is 0 Å². The predicted octanol–water partition coefficient (Wildman–Crippen LogP) is 5.05. The van der Waals surface area contributed by atoms with E-state index in [2.05, 4.69) is 0 Å². The monoisotopic (exact) mass is 347 g/mol. The molecule has 3 aromatic rings. The maximum Gasteiger partial charge on any atom is 0.197 e. The average Bonchev–Trinajstić information content (AvgIpc) is 2.67. The summed E-state index contributed by atoms with van der Waals surface area (Å²) in [5.41, 5.74) is 2.45. The number of rotatable bonds is 7. The van der Waals surface area contributed by atoms with E-state index in [-0.39, 0.29) is 25.4 Å². The van der Waals surface area contributed by atoms with Crippen LogP contribution in [-0.2, 0) is 19.6 Å². The number of hydrogen-bond acceptors (Lipinski definition) is 3. The number of ether oxygens (including phenoxy) is 2. The second-order valence-electron chi connectivity index (χ2n) is 5.79. The molecule has 0 atom stereocenters. The fourth-order valence-corrected chi connectivity index (χ4v) is 2.53. The highest BCUT2D eigenvalue weighted by Gasteiger charge is 2.15. The first-order chi connectivity index (χ1) is 12.8. The third-order valence-corrected chi connectivity index (χ3v) is 3.82. The molecule has 3 nitrogen and oxygen atoms in total. The zero-order chi connectivity index (χ0) is 18.2. The van der Waals surface area contributed by atoms with Gasteiger partial charge in [-0.05, 0) is 28.8 Å². The number of halogens is 1. The first kappa shape index (κ1) is 17.5. The third kappa shape index (κ3) is 4.61. The lowest BCUT2D eigenvalue weighted by Gasteiger charge is -2.15. The molecule has 3 aromatic carbocycles. The van der Waals surface area contributed by atoms with Gasteiger partial charge in [-0.25, -0.2) is 4.39 Å². The van der Waals surface area contributed by atoms with Gasteiger partial charge in [0, 0.05) is 0 Å². The Morgan fingerprint density at radius 3 is 1.92 bits per heavy atom. The molecular formula is C22H18FNO2. The van der Waals surface area contributed by atoms with E-state index in [9.17, 15) is 4.39 Å². The number of nitrogens with zero attached hydrogens (tertiary/aromatic N) is 1. The summed E-state index contributed by atoms with van der Waals surface area (Å²) < 4.78 is 26.0. The van der Waals surface area contributed by atoms with Crippen molar-refractivity contribution in [3.63, 3.8) is 0 Å². The van der Waals surface area contributed by atoms with Gasteiger partial charge >= 0.3 is 0 Å². The van der Waals surface area contributed by atoms with Gasteiger partial charge in [-0.2, -0.15) is 5.26 Å². The fourth-order valence-electron chi connectivity index (χ4n) is 2.53. The van der Waals surface area contributed by atoms with E-state index in [0.717, 1.165) is 11.1 Å². The Bertz CT molecular complexity index is 889. The quantitative estimate of drug-likeness (QED) is 0.601. The number of hydrogen-bond donors (Lipinski definition) is 0. The first-order valence-corrected chi connectivity index (χ1v) is 8.29. The van der Waals surface area contributed by atoms with Crippen molar-refractivity contribution in [2.75, 3.05) is 0 Å². The van der Waals surface area contributed by atoms with E-state index in [1.807, 2.05) is 66.7 Å². The number of nitriles is 1. The molecule has 26 heavy (non-hydrogen) atoms. The van der Waals surface area contributed by atoms with Crippen LogP contribution < -0.4 is 9.47 Å². The third-order valence-electron chi connectivity index (χ3n) is 3.82.